The van der Waals surface area contributed by atoms with E-state index in [1.54, 1.807) is 11.3 Å². The fourth-order valence-corrected chi connectivity index (χ4v) is 2.84. The van der Waals surface area contributed by atoms with Gasteiger partial charge in [-0.3, -0.25) is 0 Å². The van der Waals surface area contributed by atoms with E-state index >= 15 is 0 Å². The van der Waals surface area contributed by atoms with Crippen LogP contribution >= 0.6 is 27.3 Å². The van der Waals surface area contributed by atoms with Crippen molar-refractivity contribution in [2.24, 2.45) is 0 Å². The van der Waals surface area contributed by atoms with E-state index in [0.29, 0.717) is 13.2 Å². The molecule has 0 fully saturated rings. The standard InChI is InChI=1S/C16H21BrN2OS/c1-16(2,3)18-8-15-19-13(11-21-15)10-20-9-12-6-4-5-7-14(12)17/h4-7,11,18H,8-10H2,1-3H3. The Kier molecular flexibility index (Phi) is 5.93. The highest BCUT2D eigenvalue weighted by Gasteiger charge is 2.10. The van der Waals surface area contributed by atoms with E-state index in [-0.39, 0.29) is 5.54 Å². The lowest BCUT2D eigenvalue weighted by Crippen LogP contribution is -2.35. The Bertz CT molecular complexity index is 578. The van der Waals surface area contributed by atoms with Gasteiger partial charge in [-0.1, -0.05) is 34.1 Å². The van der Waals surface area contributed by atoms with E-state index in [4.69, 9.17) is 4.74 Å². The number of rotatable bonds is 6. The van der Waals surface area contributed by atoms with Crippen LogP contribution in [0.4, 0.5) is 0 Å². The minimum absolute atomic E-state index is 0.113. The molecule has 5 heteroatoms. The van der Waals surface area contributed by atoms with Crippen LogP contribution < -0.4 is 5.32 Å². The molecule has 0 amide bonds. The zero-order chi connectivity index (χ0) is 15.3. The van der Waals surface area contributed by atoms with Gasteiger partial charge in [0.2, 0.25) is 0 Å². The van der Waals surface area contributed by atoms with Crippen molar-refractivity contribution >= 4 is 27.3 Å². The first-order valence-electron chi connectivity index (χ1n) is 6.93. The number of nitrogens with zero attached hydrogens (tertiary/aromatic N) is 1. The molecule has 0 saturated carbocycles. The molecule has 0 aliphatic rings. The first kappa shape index (κ1) is 16.6. The van der Waals surface area contributed by atoms with Gasteiger partial charge in [-0.25, -0.2) is 4.98 Å². The summed E-state index contributed by atoms with van der Waals surface area (Å²) in [5.74, 6) is 0. The fourth-order valence-electron chi connectivity index (χ4n) is 1.72. The summed E-state index contributed by atoms with van der Waals surface area (Å²) in [6.45, 7) is 8.41. The minimum Gasteiger partial charge on any atom is -0.370 e. The SMILES string of the molecule is CC(C)(C)NCc1nc(COCc2ccccc2Br)cs1. The van der Waals surface area contributed by atoms with Crippen LogP contribution in [0, 0.1) is 0 Å². The third-order valence-corrected chi connectivity index (χ3v) is 4.51. The number of nitrogens with one attached hydrogen (secondary N) is 1. The highest BCUT2D eigenvalue weighted by Crippen LogP contribution is 2.18. The number of benzene rings is 1. The molecule has 0 aliphatic carbocycles. The van der Waals surface area contributed by atoms with Crippen LogP contribution in [-0.2, 0) is 24.5 Å². The lowest BCUT2D eigenvalue weighted by atomic mass is 10.1. The number of hydrogen-bond acceptors (Lipinski definition) is 4. The van der Waals surface area contributed by atoms with Crippen LogP contribution in [0.5, 0.6) is 0 Å². The van der Waals surface area contributed by atoms with Crippen LogP contribution in [0.3, 0.4) is 0 Å². The molecule has 1 N–H and O–H groups in total. The molecule has 1 aromatic heterocycles. The highest BCUT2D eigenvalue weighted by molar-refractivity contribution is 9.10. The molecule has 21 heavy (non-hydrogen) atoms. The van der Waals surface area contributed by atoms with E-state index in [1.165, 1.54) is 0 Å². The predicted octanol–water partition coefficient (Wildman–Crippen LogP) is 4.51. The highest BCUT2D eigenvalue weighted by atomic mass is 79.9. The number of thiazole rings is 1. The molecule has 0 radical (unpaired) electrons. The van der Waals surface area contributed by atoms with Crippen molar-refractivity contribution in [1.29, 1.82) is 0 Å². The lowest BCUT2D eigenvalue weighted by Gasteiger charge is -2.19. The molecule has 0 atom stereocenters. The van der Waals surface area contributed by atoms with Crippen LogP contribution in [0.25, 0.3) is 0 Å². The number of ether oxygens (including phenoxy) is 1. The molecule has 2 aromatic rings. The zero-order valence-corrected chi connectivity index (χ0v) is 15.1. The second-order valence-electron chi connectivity index (χ2n) is 5.92. The van der Waals surface area contributed by atoms with Gasteiger partial charge in [0, 0.05) is 21.9 Å². The van der Waals surface area contributed by atoms with Crippen LogP contribution in [0.15, 0.2) is 34.1 Å². The smallest absolute Gasteiger partial charge is 0.107 e. The van der Waals surface area contributed by atoms with Gasteiger partial charge < -0.3 is 10.1 Å². The number of halogens is 1. The van der Waals surface area contributed by atoms with Crippen molar-refractivity contribution < 1.29 is 4.74 Å². The van der Waals surface area contributed by atoms with Crippen LogP contribution in [-0.4, -0.2) is 10.5 Å². The third-order valence-electron chi connectivity index (χ3n) is 2.83. The lowest BCUT2D eigenvalue weighted by molar-refractivity contribution is 0.104. The van der Waals surface area contributed by atoms with E-state index in [1.807, 2.05) is 18.2 Å². The Labute approximate surface area is 138 Å². The maximum Gasteiger partial charge on any atom is 0.107 e. The molecule has 0 aliphatic heterocycles. The predicted molar refractivity (Wildman–Crippen MR) is 91.3 cm³/mol. The topological polar surface area (TPSA) is 34.2 Å². The van der Waals surface area contributed by atoms with Gasteiger partial charge in [0.15, 0.2) is 0 Å². The quantitative estimate of drug-likeness (QED) is 0.814. The molecule has 2 rings (SSSR count). The molecule has 3 nitrogen and oxygen atoms in total. The Morgan fingerprint density at radius 3 is 2.71 bits per heavy atom. The minimum atomic E-state index is 0.113. The second-order valence-corrected chi connectivity index (χ2v) is 7.72. The third kappa shape index (κ3) is 5.87. The summed E-state index contributed by atoms with van der Waals surface area (Å²) in [4.78, 5) is 4.59. The molecule has 0 bridgehead atoms. The molecule has 0 saturated heterocycles. The van der Waals surface area contributed by atoms with Crippen molar-refractivity contribution in [3.63, 3.8) is 0 Å². The Balaban J connectivity index is 1.79. The molecule has 114 valence electrons. The van der Waals surface area contributed by atoms with Gasteiger partial charge in [-0.15, -0.1) is 11.3 Å². The molecule has 1 heterocycles. The molecule has 0 unspecified atom stereocenters. The van der Waals surface area contributed by atoms with Gasteiger partial charge in [0.1, 0.15) is 5.01 Å². The summed E-state index contributed by atoms with van der Waals surface area (Å²) in [5, 5.41) is 6.61. The van der Waals surface area contributed by atoms with Crippen LogP contribution in [0.1, 0.15) is 37.0 Å². The van der Waals surface area contributed by atoms with Gasteiger partial charge in [0.25, 0.3) is 0 Å². The van der Waals surface area contributed by atoms with Crippen molar-refractivity contribution in [2.75, 3.05) is 0 Å². The largest absolute Gasteiger partial charge is 0.370 e. The van der Waals surface area contributed by atoms with Gasteiger partial charge >= 0.3 is 0 Å². The van der Waals surface area contributed by atoms with E-state index < -0.39 is 0 Å². The van der Waals surface area contributed by atoms with Crippen LogP contribution in [0.2, 0.25) is 0 Å². The maximum atomic E-state index is 5.74. The zero-order valence-electron chi connectivity index (χ0n) is 12.6. The molecular formula is C16H21BrN2OS. The first-order chi connectivity index (χ1) is 9.94. The Morgan fingerprint density at radius 2 is 2.00 bits per heavy atom. The monoisotopic (exact) mass is 368 g/mol. The van der Waals surface area contributed by atoms with Gasteiger partial charge in [-0.05, 0) is 32.4 Å². The first-order valence-corrected chi connectivity index (χ1v) is 8.61. The van der Waals surface area contributed by atoms with Crippen molar-refractivity contribution in [2.45, 2.75) is 46.1 Å². The average molecular weight is 369 g/mol. The Morgan fingerprint density at radius 1 is 1.24 bits per heavy atom. The van der Waals surface area contributed by atoms with Crippen molar-refractivity contribution in [3.8, 4) is 0 Å². The van der Waals surface area contributed by atoms with Crippen molar-refractivity contribution in [1.82, 2.24) is 10.3 Å². The number of aromatic nitrogens is 1. The van der Waals surface area contributed by atoms with Gasteiger partial charge in [0.05, 0.1) is 18.9 Å². The summed E-state index contributed by atoms with van der Waals surface area (Å²) < 4.78 is 6.82. The summed E-state index contributed by atoms with van der Waals surface area (Å²) >= 11 is 5.20. The summed E-state index contributed by atoms with van der Waals surface area (Å²) in [5.41, 5.74) is 2.27. The van der Waals surface area contributed by atoms with Gasteiger partial charge in [-0.2, -0.15) is 0 Å². The van der Waals surface area contributed by atoms with E-state index in [2.05, 4.69) is 58.4 Å². The molecule has 0 spiro atoms. The van der Waals surface area contributed by atoms with E-state index in [0.717, 1.165) is 27.3 Å². The normalized spacial score (nSPS) is 11.8. The molecule has 1 aromatic carbocycles. The fraction of sp³-hybridized carbons (Fsp3) is 0.438. The van der Waals surface area contributed by atoms with E-state index in [9.17, 15) is 0 Å². The summed E-state index contributed by atoms with van der Waals surface area (Å²) in [7, 11) is 0. The Hall–Kier alpha value is -0.750. The van der Waals surface area contributed by atoms with Crippen molar-refractivity contribution in [3.05, 3.63) is 50.4 Å². The summed E-state index contributed by atoms with van der Waals surface area (Å²) in [6.07, 6.45) is 0. The second kappa shape index (κ2) is 7.49. The summed E-state index contributed by atoms with van der Waals surface area (Å²) in [6, 6.07) is 8.10. The average Bonchev–Trinajstić information content (AvgIpc) is 2.86. The number of hydrogen-bond donors (Lipinski definition) is 1. The maximum absolute atomic E-state index is 5.74. The molecular weight excluding hydrogens is 348 g/mol.